The molecular formula is C24H28F2N10O8P2S2+2. The Bertz CT molecular complexity index is 1700. The molecule has 2 saturated heterocycles. The van der Waals surface area contributed by atoms with Crippen molar-refractivity contribution < 1.29 is 46.6 Å². The Labute approximate surface area is 281 Å². The Kier molecular flexibility index (Phi) is 11.1. The highest BCUT2D eigenvalue weighted by molar-refractivity contribution is 8.39. The number of aliphatic hydroxyl groups excluding tert-OH is 2. The van der Waals surface area contributed by atoms with Crippen molar-refractivity contribution in [2.75, 3.05) is 36.9 Å². The summed E-state index contributed by atoms with van der Waals surface area (Å²) in [6, 6.07) is 0. The van der Waals surface area contributed by atoms with Gasteiger partial charge in [-0.3, -0.25) is 9.13 Å². The van der Waals surface area contributed by atoms with Crippen LogP contribution in [0.2, 0.25) is 0 Å². The highest BCUT2D eigenvalue weighted by Gasteiger charge is 2.52. The molecule has 2 fully saturated rings. The van der Waals surface area contributed by atoms with Crippen LogP contribution in [0.1, 0.15) is 12.5 Å². The molecule has 2 aliphatic heterocycles. The second-order valence-electron chi connectivity index (χ2n) is 10.3. The lowest BCUT2D eigenvalue weighted by Crippen LogP contribution is -2.31. The molecule has 10 atom stereocenters. The molecule has 48 heavy (non-hydrogen) atoms. The van der Waals surface area contributed by atoms with Gasteiger partial charge in [0.25, 0.3) is 0 Å². The van der Waals surface area contributed by atoms with Gasteiger partial charge in [0.05, 0.1) is 25.9 Å². The summed E-state index contributed by atoms with van der Waals surface area (Å²) in [5.41, 5.74) is 1.21. The molecule has 0 saturated carbocycles. The lowest BCUT2D eigenvalue weighted by molar-refractivity contribution is -0.0427. The molecule has 4 N–H and O–H groups in total. The number of alkyl halides is 2. The Morgan fingerprint density at radius 3 is 1.56 bits per heavy atom. The predicted molar refractivity (Wildman–Crippen MR) is 171 cm³/mol. The van der Waals surface area contributed by atoms with E-state index < -0.39 is 76.9 Å². The van der Waals surface area contributed by atoms with Gasteiger partial charge in [-0.05, 0) is 9.13 Å². The summed E-state index contributed by atoms with van der Waals surface area (Å²) in [7, 11) is -4.87. The average Bonchev–Trinajstić information content (AvgIpc) is 3.83. The maximum atomic E-state index is 15.2. The van der Waals surface area contributed by atoms with Gasteiger partial charge in [-0.1, -0.05) is 12.2 Å². The third-order valence-corrected chi connectivity index (χ3v) is 8.94. The molecule has 0 aromatic carbocycles. The number of rotatable bonds is 14. The number of nitrogens with one attached hydrogen (secondary N) is 2. The maximum Gasteiger partial charge on any atom is 0.582 e. The average molecular weight is 749 g/mol. The molecule has 0 amide bonds. The van der Waals surface area contributed by atoms with Crippen molar-refractivity contribution in [3.8, 4) is 0 Å². The first-order chi connectivity index (χ1) is 23.2. The largest absolute Gasteiger partial charge is 0.582 e. The first kappa shape index (κ1) is 34.8. The van der Waals surface area contributed by atoms with Gasteiger partial charge in [-0.25, -0.2) is 38.7 Å². The van der Waals surface area contributed by atoms with Crippen LogP contribution in [0, 0.1) is 0 Å². The SMILES string of the molecule is O=[P+](S)OC1[C@@H](F)C(n2cnc3c(NC/C=C/CNc4ncnc5c4ncn5[C@@H]4O[C@H](CO)[C@@H](O[P+](=O)S)[C@H]4F)ncnc32)O[C@@H]1CO. The fraction of sp³-hybridized carbons (Fsp3) is 0.500. The second kappa shape index (κ2) is 15.2. The predicted octanol–water partition coefficient (Wildman–Crippen LogP) is 2.45. The number of fused-ring (bicyclic) bond motifs is 2. The van der Waals surface area contributed by atoms with Crippen LogP contribution in [0.25, 0.3) is 22.3 Å². The molecule has 0 aliphatic carbocycles. The highest BCUT2D eigenvalue weighted by atomic mass is 32.7. The number of halogens is 2. The number of aromatic nitrogens is 8. The van der Waals surface area contributed by atoms with Crippen molar-refractivity contribution in [2.45, 2.75) is 49.2 Å². The van der Waals surface area contributed by atoms with E-state index in [0.717, 1.165) is 0 Å². The summed E-state index contributed by atoms with van der Waals surface area (Å²) in [6.07, 6.45) is -1.96. The lowest BCUT2D eigenvalue weighted by atomic mass is 10.1. The van der Waals surface area contributed by atoms with Crippen LogP contribution < -0.4 is 10.6 Å². The minimum Gasteiger partial charge on any atom is -0.394 e. The van der Waals surface area contributed by atoms with Crippen LogP contribution in [0.15, 0.2) is 37.5 Å². The van der Waals surface area contributed by atoms with Gasteiger partial charge in [0.15, 0.2) is 71.0 Å². The number of thiol groups is 2. The molecule has 6 rings (SSSR count). The van der Waals surface area contributed by atoms with Gasteiger partial charge in [-0.2, -0.15) is 0 Å². The molecule has 0 bridgehead atoms. The fourth-order valence-electron chi connectivity index (χ4n) is 5.40. The van der Waals surface area contributed by atoms with Gasteiger partial charge in [0.2, 0.25) is 0 Å². The van der Waals surface area contributed by atoms with E-state index in [1.165, 1.54) is 34.4 Å². The van der Waals surface area contributed by atoms with Gasteiger partial charge < -0.3 is 30.3 Å². The maximum absolute atomic E-state index is 15.2. The van der Waals surface area contributed by atoms with Crippen LogP contribution >= 0.6 is 39.0 Å². The molecule has 256 valence electrons. The van der Waals surface area contributed by atoms with Gasteiger partial charge in [-0.15, -0.1) is 9.05 Å². The number of nitrogens with zero attached hydrogens (tertiary/aromatic N) is 8. The number of anilines is 2. The van der Waals surface area contributed by atoms with Crippen LogP contribution in [-0.4, -0.2) is 112 Å². The van der Waals surface area contributed by atoms with Crippen LogP contribution in [0.3, 0.4) is 0 Å². The van der Waals surface area contributed by atoms with E-state index in [9.17, 15) is 19.3 Å². The van der Waals surface area contributed by atoms with Crippen molar-refractivity contribution in [2.24, 2.45) is 0 Å². The van der Waals surface area contributed by atoms with Crippen molar-refractivity contribution >= 4 is 72.9 Å². The summed E-state index contributed by atoms with van der Waals surface area (Å²) in [6.45, 7) is -0.472. The van der Waals surface area contributed by atoms with Crippen molar-refractivity contribution in [1.29, 1.82) is 0 Å². The summed E-state index contributed by atoms with van der Waals surface area (Å²) >= 11 is 7.35. The van der Waals surface area contributed by atoms with Crippen LogP contribution in [0.4, 0.5) is 20.4 Å². The topological polar surface area (TPSA) is 223 Å². The lowest BCUT2D eigenvalue weighted by Gasteiger charge is -2.15. The molecule has 2 aliphatic rings. The molecule has 0 spiro atoms. The third-order valence-electron chi connectivity index (χ3n) is 7.52. The molecule has 24 heteroatoms. The fourth-order valence-corrected chi connectivity index (χ4v) is 6.98. The Hall–Kier alpha value is -3.04. The normalized spacial score (nSPS) is 28.1. The molecule has 4 aromatic heterocycles. The zero-order chi connectivity index (χ0) is 33.9. The third kappa shape index (κ3) is 7.00. The zero-order valence-corrected chi connectivity index (χ0v) is 28.0. The van der Waals surface area contributed by atoms with Crippen LogP contribution in [-0.2, 0) is 27.7 Å². The molecule has 18 nitrogen and oxygen atoms in total. The number of imidazole rings is 2. The van der Waals surface area contributed by atoms with Crippen molar-refractivity contribution in [1.82, 2.24) is 39.0 Å². The molecule has 6 heterocycles. The minimum absolute atomic E-state index is 0.264. The van der Waals surface area contributed by atoms with Gasteiger partial charge >= 0.3 is 14.5 Å². The van der Waals surface area contributed by atoms with Crippen molar-refractivity contribution in [3.05, 3.63) is 37.5 Å². The van der Waals surface area contributed by atoms with E-state index >= 15 is 8.78 Å². The van der Waals surface area contributed by atoms with Gasteiger partial charge in [0, 0.05) is 13.1 Å². The van der Waals surface area contributed by atoms with E-state index in [-0.39, 0.29) is 11.3 Å². The number of hydrogen-bond donors (Lipinski definition) is 6. The van der Waals surface area contributed by atoms with Gasteiger partial charge in [0.1, 0.15) is 49.4 Å². The first-order valence-electron chi connectivity index (χ1n) is 14.2. The summed E-state index contributed by atoms with van der Waals surface area (Å²) in [5, 5.41) is 25.4. The molecule has 4 aromatic rings. The van der Waals surface area contributed by atoms with Crippen molar-refractivity contribution in [3.63, 3.8) is 0 Å². The van der Waals surface area contributed by atoms with E-state index in [1.54, 1.807) is 12.2 Å². The molecule has 4 unspecified atom stereocenters. The summed E-state index contributed by atoms with van der Waals surface area (Å²) in [4.78, 5) is 25.5. The number of ether oxygens (including phenoxy) is 2. The monoisotopic (exact) mass is 748 g/mol. The summed E-state index contributed by atoms with van der Waals surface area (Å²) in [5.74, 6) is 0.741. The summed E-state index contributed by atoms with van der Waals surface area (Å²) < 4.78 is 77.4. The highest BCUT2D eigenvalue weighted by Crippen LogP contribution is 2.42. The van der Waals surface area contributed by atoms with E-state index in [0.29, 0.717) is 35.8 Å². The molecular weight excluding hydrogens is 720 g/mol. The Morgan fingerprint density at radius 2 is 1.19 bits per heavy atom. The quantitative estimate of drug-likeness (QED) is 0.0619. The van der Waals surface area contributed by atoms with E-state index in [4.69, 9.17) is 18.5 Å². The Balaban J connectivity index is 1.07. The smallest absolute Gasteiger partial charge is 0.394 e. The van der Waals surface area contributed by atoms with E-state index in [2.05, 4.69) is 65.0 Å². The number of hydrogen-bond acceptors (Lipinski definition) is 16. The second-order valence-corrected chi connectivity index (χ2v) is 13.7. The first-order valence-corrected chi connectivity index (χ1v) is 18.8. The van der Waals surface area contributed by atoms with Crippen LogP contribution in [0.5, 0.6) is 0 Å². The van der Waals surface area contributed by atoms with E-state index in [1.807, 2.05) is 0 Å². The number of aliphatic hydroxyl groups is 2. The standard InChI is InChI=1S/C24H26F2N10O8P2S2/c25-13-17(43-45(39)47)11(5-37)41-23(13)35-9-33-15-19(29-7-31-21(15)35)27-3-1-2-4-28-20-16-22(32-8-30-20)36(10-34-16)24-14(26)18(44-46(40)48)12(6-38)42-24/h1-2,7-14,17-18,23-24,37-38H,3-6H2,(H2-2,27,28,29,30,31,32,39,40,47,48)/p+2/b2-1+/t11-,12-,13-,14-,17-,18?,23-,24?/m1/s1. The Morgan fingerprint density at radius 1 is 0.771 bits per heavy atom. The molecule has 0 radical (unpaired) electrons. The minimum atomic E-state index is -2.43. The zero-order valence-electron chi connectivity index (χ0n) is 24.4.